The number of nitrogens with one attached hydrogen (secondary N) is 1. The minimum atomic E-state index is -1.38. The lowest BCUT2D eigenvalue weighted by molar-refractivity contribution is -0.149. The molecule has 0 spiro atoms. The number of amides is 1. The summed E-state index contributed by atoms with van der Waals surface area (Å²) in [5.74, 6) is -1.26. The summed E-state index contributed by atoms with van der Waals surface area (Å²) in [5.41, 5.74) is -0.960. The third kappa shape index (κ3) is 4.70. The van der Waals surface area contributed by atoms with Crippen LogP contribution in [-0.4, -0.2) is 47.4 Å². The van der Waals surface area contributed by atoms with Gasteiger partial charge >= 0.3 is 5.97 Å². The highest BCUT2D eigenvalue weighted by Gasteiger charge is 2.34. The van der Waals surface area contributed by atoms with Crippen molar-refractivity contribution in [3.8, 4) is 0 Å². The average molecular weight is 247 g/mol. The Labute approximate surface area is 101 Å². The van der Waals surface area contributed by atoms with E-state index >= 15 is 0 Å². The molecule has 6 nitrogen and oxygen atoms in total. The molecule has 0 aromatic carbocycles. The second-order valence-electron chi connectivity index (χ2n) is 4.53. The summed E-state index contributed by atoms with van der Waals surface area (Å²) in [7, 11) is 0. The second kappa shape index (κ2) is 6.56. The van der Waals surface area contributed by atoms with Crippen molar-refractivity contribution in [3.63, 3.8) is 0 Å². The largest absolute Gasteiger partial charge is 0.464 e. The number of carbonyl (C=O) groups is 2. The number of hydrogen-bond donors (Lipinski definition) is 3. The van der Waals surface area contributed by atoms with Crippen LogP contribution in [0.25, 0.3) is 0 Å². The highest BCUT2D eigenvalue weighted by molar-refractivity contribution is 5.87. The van der Waals surface area contributed by atoms with Crippen LogP contribution in [0.15, 0.2) is 0 Å². The molecule has 0 aliphatic heterocycles. The van der Waals surface area contributed by atoms with E-state index in [0.29, 0.717) is 0 Å². The number of aliphatic hydroxyl groups is 2. The average Bonchev–Trinajstić information content (AvgIpc) is 2.28. The van der Waals surface area contributed by atoms with Crippen LogP contribution in [-0.2, 0) is 14.3 Å². The molecule has 0 aromatic heterocycles. The molecule has 0 aliphatic rings. The Morgan fingerprint density at radius 3 is 2.35 bits per heavy atom. The molecule has 0 bridgehead atoms. The van der Waals surface area contributed by atoms with Crippen LogP contribution in [0, 0.1) is 5.41 Å². The quantitative estimate of drug-likeness (QED) is 0.546. The summed E-state index contributed by atoms with van der Waals surface area (Å²) < 4.78 is 4.71. The molecule has 17 heavy (non-hydrogen) atoms. The minimum Gasteiger partial charge on any atom is -0.464 e. The van der Waals surface area contributed by atoms with Crippen LogP contribution in [0.1, 0.15) is 27.7 Å². The maximum atomic E-state index is 11.6. The van der Waals surface area contributed by atoms with Gasteiger partial charge in [-0.25, -0.2) is 4.79 Å². The topological polar surface area (TPSA) is 95.9 Å². The molecular weight excluding hydrogens is 226 g/mol. The van der Waals surface area contributed by atoms with E-state index < -0.39 is 29.4 Å². The smallest absolute Gasteiger partial charge is 0.328 e. The molecule has 0 aliphatic carbocycles. The molecule has 0 heterocycles. The first-order valence-corrected chi connectivity index (χ1v) is 5.52. The van der Waals surface area contributed by atoms with Gasteiger partial charge in [0, 0.05) is 5.41 Å². The van der Waals surface area contributed by atoms with Gasteiger partial charge in [0.15, 0.2) is 0 Å². The summed E-state index contributed by atoms with van der Waals surface area (Å²) in [6, 6.07) is -0.827. The summed E-state index contributed by atoms with van der Waals surface area (Å²) in [6.45, 7) is 6.11. The number of carbonyl (C=O) groups excluding carboxylic acids is 2. The van der Waals surface area contributed by atoms with Gasteiger partial charge in [-0.2, -0.15) is 0 Å². The van der Waals surface area contributed by atoms with Crippen LogP contribution >= 0.6 is 0 Å². The van der Waals surface area contributed by atoms with Crippen LogP contribution in [0.2, 0.25) is 0 Å². The Hall–Kier alpha value is -1.14. The maximum Gasteiger partial charge on any atom is 0.328 e. The normalized spacial score (nSPS) is 14.9. The fraction of sp³-hybridized carbons (Fsp3) is 0.818. The van der Waals surface area contributed by atoms with E-state index in [1.54, 1.807) is 20.8 Å². The van der Waals surface area contributed by atoms with Crippen LogP contribution in [0.5, 0.6) is 0 Å². The molecule has 2 atom stereocenters. The van der Waals surface area contributed by atoms with Crippen molar-refractivity contribution in [1.82, 2.24) is 5.32 Å². The highest BCUT2D eigenvalue weighted by Crippen LogP contribution is 2.19. The molecule has 100 valence electrons. The minimum absolute atomic E-state index is 0.226. The maximum absolute atomic E-state index is 11.6. The summed E-state index contributed by atoms with van der Waals surface area (Å²) in [4.78, 5) is 22.8. The van der Waals surface area contributed by atoms with E-state index in [4.69, 9.17) is 9.84 Å². The molecule has 0 fully saturated rings. The molecule has 1 unspecified atom stereocenters. The Kier molecular flexibility index (Phi) is 6.12. The Morgan fingerprint density at radius 2 is 1.94 bits per heavy atom. The lowest BCUT2D eigenvalue weighted by Crippen LogP contribution is -2.50. The summed E-state index contributed by atoms with van der Waals surface area (Å²) >= 11 is 0. The molecule has 0 aromatic rings. The molecule has 1 amide bonds. The Bertz CT molecular complexity index is 277. The molecule has 6 heteroatoms. The first-order chi connectivity index (χ1) is 7.76. The fourth-order valence-electron chi connectivity index (χ4n) is 1.06. The van der Waals surface area contributed by atoms with Crippen molar-refractivity contribution in [2.75, 3.05) is 13.2 Å². The predicted octanol–water partition coefficient (Wildman–Crippen LogP) is -0.566. The molecule has 0 rings (SSSR count). The molecule has 0 saturated carbocycles. The van der Waals surface area contributed by atoms with E-state index in [-0.39, 0.29) is 13.2 Å². The summed E-state index contributed by atoms with van der Waals surface area (Å²) in [6.07, 6.45) is -1.38. The van der Waals surface area contributed by atoms with Gasteiger partial charge in [0.2, 0.25) is 5.91 Å². The number of ether oxygens (including phenoxy) is 1. The Morgan fingerprint density at radius 1 is 1.41 bits per heavy atom. The molecule has 0 saturated heterocycles. The van der Waals surface area contributed by atoms with Crippen molar-refractivity contribution in [1.29, 1.82) is 0 Å². The van der Waals surface area contributed by atoms with E-state index in [1.807, 2.05) is 0 Å². The van der Waals surface area contributed by atoms with Crippen molar-refractivity contribution < 1.29 is 24.5 Å². The van der Waals surface area contributed by atoms with Crippen molar-refractivity contribution >= 4 is 11.9 Å². The van der Waals surface area contributed by atoms with Crippen LogP contribution in [0.4, 0.5) is 0 Å². The van der Waals surface area contributed by atoms with Gasteiger partial charge in [-0.05, 0) is 13.8 Å². The number of esters is 1. The van der Waals surface area contributed by atoms with E-state index in [0.717, 1.165) is 0 Å². The third-order valence-corrected chi connectivity index (χ3v) is 2.40. The Balaban J connectivity index is 4.40. The standard InChI is InChI=1S/C11H21NO5/c1-5-17-10(16)7(2)12-9(15)8(14)11(3,4)6-13/h7-8,13-14H,5-6H2,1-4H3,(H,12,15)/t7-,8?/m0/s1. The monoisotopic (exact) mass is 247 g/mol. The van der Waals surface area contributed by atoms with Gasteiger partial charge in [0.1, 0.15) is 12.1 Å². The van der Waals surface area contributed by atoms with E-state index in [1.165, 1.54) is 6.92 Å². The van der Waals surface area contributed by atoms with Gasteiger partial charge in [-0.15, -0.1) is 0 Å². The lowest BCUT2D eigenvalue weighted by atomic mass is 9.87. The van der Waals surface area contributed by atoms with Gasteiger partial charge in [-0.3, -0.25) is 4.79 Å². The van der Waals surface area contributed by atoms with Gasteiger partial charge < -0.3 is 20.3 Å². The summed E-state index contributed by atoms with van der Waals surface area (Å²) in [5, 5.41) is 21.0. The SMILES string of the molecule is CCOC(=O)[C@H](C)NC(=O)C(O)C(C)(C)CO. The van der Waals surface area contributed by atoms with Crippen molar-refractivity contribution in [3.05, 3.63) is 0 Å². The zero-order chi connectivity index (χ0) is 13.6. The van der Waals surface area contributed by atoms with Gasteiger partial charge in [0.25, 0.3) is 0 Å². The number of hydrogen-bond acceptors (Lipinski definition) is 5. The predicted molar refractivity (Wildman–Crippen MR) is 61.1 cm³/mol. The van der Waals surface area contributed by atoms with E-state index in [2.05, 4.69) is 5.32 Å². The van der Waals surface area contributed by atoms with Crippen LogP contribution in [0.3, 0.4) is 0 Å². The van der Waals surface area contributed by atoms with Crippen molar-refractivity contribution in [2.45, 2.75) is 39.8 Å². The third-order valence-electron chi connectivity index (χ3n) is 2.40. The highest BCUT2D eigenvalue weighted by atomic mass is 16.5. The first-order valence-electron chi connectivity index (χ1n) is 5.52. The van der Waals surface area contributed by atoms with Gasteiger partial charge in [-0.1, -0.05) is 13.8 Å². The molecular formula is C11H21NO5. The lowest BCUT2D eigenvalue weighted by Gasteiger charge is -2.27. The molecule has 3 N–H and O–H groups in total. The first kappa shape index (κ1) is 15.9. The molecule has 0 radical (unpaired) electrons. The zero-order valence-electron chi connectivity index (χ0n) is 10.7. The van der Waals surface area contributed by atoms with Crippen LogP contribution < -0.4 is 5.32 Å². The van der Waals surface area contributed by atoms with Crippen molar-refractivity contribution in [2.24, 2.45) is 5.41 Å². The van der Waals surface area contributed by atoms with E-state index in [9.17, 15) is 14.7 Å². The van der Waals surface area contributed by atoms with Gasteiger partial charge in [0.05, 0.1) is 13.2 Å². The number of aliphatic hydroxyl groups excluding tert-OH is 2. The fourth-order valence-corrected chi connectivity index (χ4v) is 1.06. The number of rotatable bonds is 6. The second-order valence-corrected chi connectivity index (χ2v) is 4.53. The zero-order valence-corrected chi connectivity index (χ0v) is 10.7.